The number of ether oxygens (including phenoxy) is 1. The monoisotopic (exact) mass is 351 g/mol. The summed E-state index contributed by atoms with van der Waals surface area (Å²) in [7, 11) is 0. The third-order valence-corrected chi connectivity index (χ3v) is 4.39. The zero-order chi connectivity index (χ0) is 17.2. The summed E-state index contributed by atoms with van der Waals surface area (Å²) in [5, 5.41) is 5.46. The number of rotatable bonds is 4. The molecular weight excluding hydrogens is 338 g/mol. The number of pyridine rings is 1. The molecule has 3 heterocycles. The van der Waals surface area contributed by atoms with Crippen LogP contribution >= 0.6 is 11.8 Å². The van der Waals surface area contributed by atoms with Gasteiger partial charge in [-0.3, -0.25) is 0 Å². The van der Waals surface area contributed by atoms with Crippen molar-refractivity contribution in [3.8, 4) is 11.6 Å². The van der Waals surface area contributed by atoms with Gasteiger partial charge < -0.3 is 15.0 Å². The molecule has 124 valence electrons. The average molecular weight is 351 g/mol. The number of fused-ring (bicyclic) bond motifs is 1. The second kappa shape index (κ2) is 6.40. The zero-order valence-electron chi connectivity index (χ0n) is 13.2. The highest BCUT2D eigenvalue weighted by atomic mass is 32.2. The predicted molar refractivity (Wildman–Crippen MR) is 93.6 cm³/mol. The molecule has 8 heteroatoms. The van der Waals surface area contributed by atoms with Crippen molar-refractivity contribution in [1.82, 2.24) is 20.1 Å². The lowest BCUT2D eigenvalue weighted by Gasteiger charge is -2.08. The van der Waals surface area contributed by atoms with Crippen molar-refractivity contribution in [2.24, 2.45) is 0 Å². The number of nitrogens with zero attached hydrogens (tertiary/aromatic N) is 4. The maximum absolute atomic E-state index is 5.89. The highest BCUT2D eigenvalue weighted by Crippen LogP contribution is 2.35. The van der Waals surface area contributed by atoms with Crippen LogP contribution in [0.2, 0.25) is 0 Å². The van der Waals surface area contributed by atoms with Gasteiger partial charge in [0.1, 0.15) is 10.8 Å². The Hall–Kier alpha value is -3.13. The van der Waals surface area contributed by atoms with E-state index in [1.165, 1.54) is 11.8 Å². The molecule has 0 unspecified atom stereocenters. The first-order chi connectivity index (χ1) is 12.2. The standard InChI is InChI=1S/C17H13N5O2S/c1-10-14-12(7-8-19-16(14)24-22-10)25-13-9-20-15(18)17(21-13)23-11-5-3-2-4-6-11/h2-9H,1H3,(H2,18,20). The molecule has 0 aliphatic carbocycles. The van der Waals surface area contributed by atoms with E-state index < -0.39 is 0 Å². The van der Waals surface area contributed by atoms with Crippen LogP contribution in [0.25, 0.3) is 11.1 Å². The number of hydrogen-bond donors (Lipinski definition) is 1. The second-order valence-corrected chi connectivity index (χ2v) is 6.24. The summed E-state index contributed by atoms with van der Waals surface area (Å²) in [6.07, 6.45) is 3.27. The van der Waals surface area contributed by atoms with Gasteiger partial charge in [-0.05, 0) is 25.1 Å². The zero-order valence-corrected chi connectivity index (χ0v) is 14.0. The molecule has 1 aromatic carbocycles. The summed E-state index contributed by atoms with van der Waals surface area (Å²) in [4.78, 5) is 13.7. The lowest BCUT2D eigenvalue weighted by molar-refractivity contribution is 0.443. The van der Waals surface area contributed by atoms with Crippen LogP contribution in [0, 0.1) is 6.92 Å². The molecule has 3 aromatic heterocycles. The van der Waals surface area contributed by atoms with Crippen molar-refractivity contribution < 1.29 is 9.26 Å². The van der Waals surface area contributed by atoms with Gasteiger partial charge in [-0.2, -0.15) is 0 Å². The molecule has 0 aliphatic heterocycles. The van der Waals surface area contributed by atoms with Crippen LogP contribution in [0.3, 0.4) is 0 Å². The van der Waals surface area contributed by atoms with Crippen molar-refractivity contribution in [2.45, 2.75) is 16.8 Å². The van der Waals surface area contributed by atoms with E-state index in [1.54, 1.807) is 12.4 Å². The van der Waals surface area contributed by atoms with Crippen LogP contribution in [0.5, 0.6) is 11.6 Å². The molecule has 7 nitrogen and oxygen atoms in total. The predicted octanol–water partition coefficient (Wildman–Crippen LogP) is 3.85. The Labute approximate surface area is 147 Å². The summed E-state index contributed by atoms with van der Waals surface area (Å²) in [6.45, 7) is 1.87. The van der Waals surface area contributed by atoms with E-state index >= 15 is 0 Å². The van der Waals surface area contributed by atoms with E-state index in [0.717, 1.165) is 16.0 Å². The van der Waals surface area contributed by atoms with Gasteiger partial charge in [0.25, 0.3) is 11.6 Å². The third-order valence-electron chi connectivity index (χ3n) is 3.43. The highest BCUT2D eigenvalue weighted by Gasteiger charge is 2.14. The number of aryl methyl sites for hydroxylation is 1. The first-order valence-electron chi connectivity index (χ1n) is 7.45. The minimum absolute atomic E-state index is 0.231. The molecule has 0 saturated carbocycles. The Morgan fingerprint density at radius 1 is 1.12 bits per heavy atom. The number of nitrogen functional groups attached to an aromatic ring is 1. The Balaban J connectivity index is 1.67. The van der Waals surface area contributed by atoms with Crippen molar-refractivity contribution in [3.05, 3.63) is 54.5 Å². The molecule has 0 bridgehead atoms. The van der Waals surface area contributed by atoms with E-state index in [9.17, 15) is 0 Å². The first-order valence-corrected chi connectivity index (χ1v) is 8.26. The Morgan fingerprint density at radius 2 is 1.96 bits per heavy atom. The van der Waals surface area contributed by atoms with Gasteiger partial charge in [-0.1, -0.05) is 35.1 Å². The van der Waals surface area contributed by atoms with E-state index in [2.05, 4.69) is 20.1 Å². The second-order valence-electron chi connectivity index (χ2n) is 5.17. The molecule has 4 aromatic rings. The van der Waals surface area contributed by atoms with Gasteiger partial charge in [0.15, 0.2) is 5.82 Å². The summed E-state index contributed by atoms with van der Waals surface area (Å²) in [5.41, 5.74) is 7.15. The molecule has 2 N–H and O–H groups in total. The van der Waals surface area contributed by atoms with Crippen molar-refractivity contribution in [2.75, 3.05) is 5.73 Å². The SMILES string of the molecule is Cc1noc2nccc(Sc3cnc(N)c(Oc4ccccc4)n3)c12. The Kier molecular flexibility index (Phi) is 3.95. The normalized spacial score (nSPS) is 10.9. The number of benzene rings is 1. The van der Waals surface area contributed by atoms with Crippen LogP contribution in [0.1, 0.15) is 5.69 Å². The van der Waals surface area contributed by atoms with E-state index in [-0.39, 0.29) is 11.7 Å². The third kappa shape index (κ3) is 3.11. The molecule has 25 heavy (non-hydrogen) atoms. The van der Waals surface area contributed by atoms with Gasteiger partial charge in [-0.15, -0.1) is 0 Å². The van der Waals surface area contributed by atoms with Crippen LogP contribution in [0.4, 0.5) is 5.82 Å². The molecule has 4 rings (SSSR count). The van der Waals surface area contributed by atoms with Crippen LogP contribution in [-0.2, 0) is 0 Å². The highest BCUT2D eigenvalue weighted by molar-refractivity contribution is 7.99. The molecule has 0 saturated heterocycles. The lowest BCUT2D eigenvalue weighted by Crippen LogP contribution is -1.99. The van der Waals surface area contributed by atoms with Crippen LogP contribution in [-0.4, -0.2) is 20.1 Å². The average Bonchev–Trinajstić information content (AvgIpc) is 3.01. The lowest BCUT2D eigenvalue weighted by atomic mass is 10.3. The van der Waals surface area contributed by atoms with E-state index in [0.29, 0.717) is 16.5 Å². The molecule has 0 amide bonds. The molecule has 0 radical (unpaired) electrons. The fourth-order valence-electron chi connectivity index (χ4n) is 2.27. The summed E-state index contributed by atoms with van der Waals surface area (Å²) < 4.78 is 10.9. The maximum Gasteiger partial charge on any atom is 0.263 e. The van der Waals surface area contributed by atoms with Crippen molar-refractivity contribution >= 4 is 28.7 Å². The summed E-state index contributed by atoms with van der Waals surface area (Å²) in [5.74, 6) is 1.14. The molecule has 0 fully saturated rings. The van der Waals surface area contributed by atoms with Gasteiger partial charge in [0.2, 0.25) is 0 Å². The van der Waals surface area contributed by atoms with Gasteiger partial charge in [0, 0.05) is 11.1 Å². The Morgan fingerprint density at radius 3 is 2.80 bits per heavy atom. The van der Waals surface area contributed by atoms with E-state index in [1.807, 2.05) is 43.3 Å². The van der Waals surface area contributed by atoms with Crippen molar-refractivity contribution in [1.29, 1.82) is 0 Å². The molecule has 0 aliphatic rings. The fourth-order valence-corrected chi connectivity index (χ4v) is 3.20. The van der Waals surface area contributed by atoms with Crippen molar-refractivity contribution in [3.63, 3.8) is 0 Å². The summed E-state index contributed by atoms with van der Waals surface area (Å²) >= 11 is 1.42. The molecule has 0 spiro atoms. The smallest absolute Gasteiger partial charge is 0.263 e. The van der Waals surface area contributed by atoms with Gasteiger partial charge >= 0.3 is 0 Å². The Bertz CT molecular complexity index is 1040. The minimum Gasteiger partial charge on any atom is -0.436 e. The number of aromatic nitrogens is 4. The van der Waals surface area contributed by atoms with E-state index in [4.69, 9.17) is 15.0 Å². The van der Waals surface area contributed by atoms with Crippen LogP contribution < -0.4 is 10.5 Å². The maximum atomic E-state index is 5.89. The molecule has 0 atom stereocenters. The minimum atomic E-state index is 0.231. The summed E-state index contributed by atoms with van der Waals surface area (Å²) in [6, 6.07) is 11.2. The number of nitrogens with two attached hydrogens (primary N) is 1. The molecular formula is C17H13N5O2S. The quantitative estimate of drug-likeness (QED) is 0.592. The van der Waals surface area contributed by atoms with Gasteiger partial charge in [-0.25, -0.2) is 15.0 Å². The fraction of sp³-hybridized carbons (Fsp3) is 0.0588. The van der Waals surface area contributed by atoms with Crippen LogP contribution in [0.15, 0.2) is 63.2 Å². The number of anilines is 1. The number of para-hydroxylation sites is 1. The largest absolute Gasteiger partial charge is 0.436 e. The topological polar surface area (TPSA) is 100.0 Å². The number of hydrogen-bond acceptors (Lipinski definition) is 8. The first kappa shape index (κ1) is 15.4. The van der Waals surface area contributed by atoms with Gasteiger partial charge in [0.05, 0.1) is 17.3 Å².